The lowest BCUT2D eigenvalue weighted by Crippen LogP contribution is -2.55. The van der Waals surface area contributed by atoms with Crippen LogP contribution in [0.4, 0.5) is 0 Å². The average molecular weight is 282 g/mol. The first-order valence-corrected chi connectivity index (χ1v) is 7.58. The van der Waals surface area contributed by atoms with Crippen LogP contribution < -0.4 is 5.73 Å². The fraction of sp³-hybridized carbons (Fsp3) is 0.857. The average Bonchev–Trinajstić information content (AvgIpc) is 3.20. The van der Waals surface area contributed by atoms with Crippen molar-refractivity contribution in [2.75, 3.05) is 26.2 Å². The number of nitrogens with zero attached hydrogens (tertiary/aromatic N) is 3. The smallest absolute Gasteiger partial charge is 0.226 e. The van der Waals surface area contributed by atoms with Gasteiger partial charge >= 0.3 is 0 Å². The van der Waals surface area contributed by atoms with Crippen LogP contribution in [0, 0.1) is 11.8 Å². The third-order valence-electron chi connectivity index (χ3n) is 4.51. The summed E-state index contributed by atoms with van der Waals surface area (Å²) >= 11 is 0. The first-order valence-electron chi connectivity index (χ1n) is 7.58. The molecule has 1 heterocycles. The molecule has 0 aromatic heterocycles. The van der Waals surface area contributed by atoms with E-state index in [4.69, 9.17) is 10.9 Å². The SMILES string of the molecule is CCCC(C(N)=NO)N1CCN(C(=O)C2CC2C)CC1. The molecule has 20 heavy (non-hydrogen) atoms. The second kappa shape index (κ2) is 6.43. The van der Waals surface area contributed by atoms with Crippen LogP contribution in [-0.4, -0.2) is 59.0 Å². The van der Waals surface area contributed by atoms with E-state index in [1.165, 1.54) is 0 Å². The Bertz CT molecular complexity index is 377. The zero-order valence-corrected chi connectivity index (χ0v) is 12.5. The van der Waals surface area contributed by atoms with Gasteiger partial charge in [-0.25, -0.2) is 0 Å². The van der Waals surface area contributed by atoms with Crippen LogP contribution in [-0.2, 0) is 4.79 Å². The molecule has 3 N–H and O–H groups in total. The van der Waals surface area contributed by atoms with Gasteiger partial charge in [0.15, 0.2) is 5.84 Å². The molecule has 0 spiro atoms. The van der Waals surface area contributed by atoms with Gasteiger partial charge in [0.1, 0.15) is 0 Å². The standard InChI is InChI=1S/C14H26N4O2/c1-3-4-12(13(15)16-20)17-5-7-18(8-6-17)14(19)11-9-10(11)2/h10-12,20H,3-9H2,1-2H3,(H2,15,16). The number of carbonyl (C=O) groups is 1. The van der Waals surface area contributed by atoms with E-state index in [9.17, 15) is 4.79 Å². The Hall–Kier alpha value is -1.30. The number of amides is 1. The molecule has 114 valence electrons. The summed E-state index contributed by atoms with van der Waals surface area (Å²) in [5.74, 6) is 1.41. The Morgan fingerprint density at radius 2 is 2.00 bits per heavy atom. The van der Waals surface area contributed by atoms with Gasteiger partial charge in [0.2, 0.25) is 5.91 Å². The number of rotatable bonds is 5. The van der Waals surface area contributed by atoms with Gasteiger partial charge in [-0.2, -0.15) is 0 Å². The molecule has 3 atom stereocenters. The van der Waals surface area contributed by atoms with Crippen molar-refractivity contribution in [2.24, 2.45) is 22.7 Å². The molecule has 6 heteroatoms. The lowest BCUT2D eigenvalue weighted by molar-refractivity contribution is -0.134. The fourth-order valence-electron chi connectivity index (χ4n) is 3.01. The molecule has 2 fully saturated rings. The summed E-state index contributed by atoms with van der Waals surface area (Å²) in [4.78, 5) is 16.4. The summed E-state index contributed by atoms with van der Waals surface area (Å²) in [6, 6.07) is -0.0119. The van der Waals surface area contributed by atoms with Crippen LogP contribution in [0.15, 0.2) is 5.16 Å². The van der Waals surface area contributed by atoms with E-state index in [0.717, 1.165) is 45.4 Å². The van der Waals surface area contributed by atoms with Crippen LogP contribution in [0.5, 0.6) is 0 Å². The molecular weight excluding hydrogens is 256 g/mol. The maximum absolute atomic E-state index is 12.2. The Kier molecular flexibility index (Phi) is 4.86. The van der Waals surface area contributed by atoms with E-state index in [1.54, 1.807) is 0 Å². The largest absolute Gasteiger partial charge is 0.409 e. The van der Waals surface area contributed by atoms with Gasteiger partial charge in [-0.1, -0.05) is 25.4 Å². The molecule has 1 aliphatic heterocycles. The lowest BCUT2D eigenvalue weighted by atomic mass is 10.1. The highest BCUT2D eigenvalue weighted by molar-refractivity contribution is 5.85. The molecule has 2 rings (SSSR count). The van der Waals surface area contributed by atoms with Crippen LogP contribution in [0.3, 0.4) is 0 Å². The normalized spacial score (nSPS) is 29.3. The van der Waals surface area contributed by atoms with Crippen molar-refractivity contribution >= 4 is 11.7 Å². The Balaban J connectivity index is 1.87. The second-order valence-electron chi connectivity index (χ2n) is 6.01. The quantitative estimate of drug-likeness (QED) is 0.336. The summed E-state index contributed by atoms with van der Waals surface area (Å²) in [7, 11) is 0. The third-order valence-corrected chi connectivity index (χ3v) is 4.51. The molecule has 1 amide bonds. The predicted molar refractivity (Wildman–Crippen MR) is 77.5 cm³/mol. The molecule has 1 saturated heterocycles. The first-order chi connectivity index (χ1) is 9.58. The van der Waals surface area contributed by atoms with Gasteiger partial charge in [-0.3, -0.25) is 9.69 Å². The maximum atomic E-state index is 12.2. The zero-order valence-electron chi connectivity index (χ0n) is 12.5. The summed E-state index contributed by atoms with van der Waals surface area (Å²) in [6.07, 6.45) is 2.91. The number of carbonyl (C=O) groups excluding carboxylic acids is 1. The minimum absolute atomic E-state index is 0.0119. The molecule has 3 unspecified atom stereocenters. The van der Waals surface area contributed by atoms with E-state index >= 15 is 0 Å². The molecule has 0 aromatic rings. The maximum Gasteiger partial charge on any atom is 0.226 e. The summed E-state index contributed by atoms with van der Waals surface area (Å²) in [6.45, 7) is 7.32. The van der Waals surface area contributed by atoms with Crippen LogP contribution >= 0.6 is 0 Å². The minimum Gasteiger partial charge on any atom is -0.409 e. The number of oxime groups is 1. The molecule has 6 nitrogen and oxygen atoms in total. The van der Waals surface area contributed by atoms with Crippen molar-refractivity contribution in [2.45, 2.75) is 39.2 Å². The van der Waals surface area contributed by atoms with Gasteiger partial charge in [-0.15, -0.1) is 0 Å². The molecule has 1 aliphatic carbocycles. The molecule has 1 saturated carbocycles. The molecular formula is C14H26N4O2. The van der Waals surface area contributed by atoms with Gasteiger partial charge < -0.3 is 15.8 Å². The Morgan fingerprint density at radius 1 is 1.40 bits per heavy atom. The molecule has 0 radical (unpaired) electrons. The molecule has 0 aromatic carbocycles. The third kappa shape index (κ3) is 3.23. The second-order valence-corrected chi connectivity index (χ2v) is 6.01. The molecule has 0 bridgehead atoms. The first kappa shape index (κ1) is 15.1. The van der Waals surface area contributed by atoms with Crippen LogP contribution in [0.1, 0.15) is 33.1 Å². The van der Waals surface area contributed by atoms with E-state index in [1.807, 2.05) is 4.90 Å². The van der Waals surface area contributed by atoms with Crippen molar-refractivity contribution < 1.29 is 10.0 Å². The monoisotopic (exact) mass is 282 g/mol. The minimum atomic E-state index is -0.0119. The number of hydrogen-bond acceptors (Lipinski definition) is 4. The summed E-state index contributed by atoms with van der Waals surface area (Å²) in [5, 5.41) is 12.0. The molecule has 2 aliphatic rings. The highest BCUT2D eigenvalue weighted by Crippen LogP contribution is 2.39. The number of nitrogens with two attached hydrogens (primary N) is 1. The van der Waals surface area contributed by atoms with Crippen molar-refractivity contribution in [3.8, 4) is 0 Å². The summed E-state index contributed by atoms with van der Waals surface area (Å²) in [5.41, 5.74) is 5.78. The Morgan fingerprint density at radius 3 is 2.45 bits per heavy atom. The van der Waals surface area contributed by atoms with Gasteiger partial charge in [0.05, 0.1) is 6.04 Å². The number of amidine groups is 1. The van der Waals surface area contributed by atoms with Crippen molar-refractivity contribution in [1.82, 2.24) is 9.80 Å². The van der Waals surface area contributed by atoms with E-state index in [-0.39, 0.29) is 17.8 Å². The predicted octanol–water partition coefficient (Wildman–Crippen LogP) is 0.702. The van der Waals surface area contributed by atoms with E-state index < -0.39 is 0 Å². The highest BCUT2D eigenvalue weighted by atomic mass is 16.4. The van der Waals surface area contributed by atoms with Crippen molar-refractivity contribution in [3.05, 3.63) is 0 Å². The lowest BCUT2D eigenvalue weighted by Gasteiger charge is -2.38. The van der Waals surface area contributed by atoms with Crippen molar-refractivity contribution in [3.63, 3.8) is 0 Å². The topological polar surface area (TPSA) is 82.2 Å². The number of hydrogen-bond donors (Lipinski definition) is 2. The van der Waals surface area contributed by atoms with E-state index in [0.29, 0.717) is 11.8 Å². The van der Waals surface area contributed by atoms with Gasteiger partial charge in [0, 0.05) is 32.1 Å². The van der Waals surface area contributed by atoms with Crippen LogP contribution in [0.25, 0.3) is 0 Å². The van der Waals surface area contributed by atoms with Gasteiger partial charge in [-0.05, 0) is 18.8 Å². The fourth-order valence-corrected chi connectivity index (χ4v) is 3.01. The van der Waals surface area contributed by atoms with Gasteiger partial charge in [0.25, 0.3) is 0 Å². The van der Waals surface area contributed by atoms with E-state index in [2.05, 4.69) is 23.9 Å². The highest BCUT2D eigenvalue weighted by Gasteiger charge is 2.42. The summed E-state index contributed by atoms with van der Waals surface area (Å²) < 4.78 is 0. The number of piperazine rings is 1. The van der Waals surface area contributed by atoms with Crippen molar-refractivity contribution in [1.29, 1.82) is 0 Å². The van der Waals surface area contributed by atoms with Crippen LogP contribution in [0.2, 0.25) is 0 Å². The zero-order chi connectivity index (χ0) is 14.7. The Labute approximate surface area is 120 Å².